The first-order chi connectivity index (χ1) is 13.8. The van der Waals surface area contributed by atoms with Gasteiger partial charge in [-0.15, -0.1) is 0 Å². The lowest BCUT2D eigenvalue weighted by Crippen LogP contribution is -2.15. The van der Waals surface area contributed by atoms with Gasteiger partial charge in [-0.05, 0) is 61.9 Å². The van der Waals surface area contributed by atoms with E-state index in [4.69, 9.17) is 0 Å². The molecule has 29 heavy (non-hydrogen) atoms. The fourth-order valence-corrected chi connectivity index (χ4v) is 3.88. The highest BCUT2D eigenvalue weighted by Crippen LogP contribution is 2.23. The summed E-state index contributed by atoms with van der Waals surface area (Å²) in [5.74, 6) is -0.427. The zero-order valence-corrected chi connectivity index (χ0v) is 16.8. The van der Waals surface area contributed by atoms with Gasteiger partial charge in [0, 0.05) is 22.5 Å². The van der Waals surface area contributed by atoms with Gasteiger partial charge in [-0.3, -0.25) is 14.3 Å². The lowest BCUT2D eigenvalue weighted by Gasteiger charge is -2.12. The molecule has 0 aliphatic carbocycles. The molecule has 6 nitrogen and oxygen atoms in total. The normalized spacial score (nSPS) is 11.0. The molecule has 148 valence electrons. The molecule has 0 heterocycles. The van der Waals surface area contributed by atoms with Crippen molar-refractivity contribution in [2.75, 3.05) is 10.0 Å². The molecular formula is C22H20N2O4S. The van der Waals surface area contributed by atoms with Crippen LogP contribution in [0.1, 0.15) is 33.2 Å². The van der Waals surface area contributed by atoms with Crippen molar-refractivity contribution in [2.45, 2.75) is 18.7 Å². The molecule has 0 bridgehead atoms. The Bertz CT molecular complexity index is 1170. The number of carbonyl (C=O) groups excluding carboxylic acids is 2. The van der Waals surface area contributed by atoms with E-state index in [9.17, 15) is 18.0 Å². The second kappa shape index (κ2) is 8.28. The predicted molar refractivity (Wildman–Crippen MR) is 113 cm³/mol. The zero-order chi connectivity index (χ0) is 21.0. The number of nitrogens with one attached hydrogen (secondary N) is 2. The van der Waals surface area contributed by atoms with E-state index in [-0.39, 0.29) is 16.6 Å². The van der Waals surface area contributed by atoms with Gasteiger partial charge in [0.15, 0.2) is 5.78 Å². The Morgan fingerprint density at radius 2 is 1.52 bits per heavy atom. The summed E-state index contributed by atoms with van der Waals surface area (Å²) in [6, 6.07) is 19.5. The topological polar surface area (TPSA) is 92.3 Å². The fourth-order valence-electron chi connectivity index (χ4n) is 2.74. The van der Waals surface area contributed by atoms with E-state index in [0.29, 0.717) is 28.1 Å². The predicted octanol–water partition coefficient (Wildman–Crippen LogP) is 4.25. The van der Waals surface area contributed by atoms with E-state index in [1.54, 1.807) is 55.5 Å². The van der Waals surface area contributed by atoms with Crippen LogP contribution in [0.5, 0.6) is 0 Å². The number of aryl methyl sites for hydroxylation is 1. The maximum Gasteiger partial charge on any atom is 0.261 e. The molecule has 0 saturated carbocycles. The van der Waals surface area contributed by atoms with E-state index < -0.39 is 10.0 Å². The van der Waals surface area contributed by atoms with Crippen LogP contribution in [0.4, 0.5) is 11.4 Å². The number of carbonyl (C=O) groups is 2. The third kappa shape index (κ3) is 4.89. The third-order valence-electron chi connectivity index (χ3n) is 4.31. The molecular weight excluding hydrogens is 388 g/mol. The Morgan fingerprint density at radius 1 is 0.828 bits per heavy atom. The molecule has 0 atom stereocenters. The minimum Gasteiger partial charge on any atom is -0.322 e. The summed E-state index contributed by atoms with van der Waals surface area (Å²) in [6.07, 6.45) is 0. The summed E-state index contributed by atoms with van der Waals surface area (Å²) < 4.78 is 27.9. The Hall–Kier alpha value is -3.45. The highest BCUT2D eigenvalue weighted by atomic mass is 32.2. The Labute approximate surface area is 169 Å². The average molecular weight is 408 g/mol. The molecule has 0 aliphatic heterocycles. The molecule has 0 fully saturated rings. The number of rotatable bonds is 6. The zero-order valence-electron chi connectivity index (χ0n) is 16.0. The highest BCUT2D eigenvalue weighted by molar-refractivity contribution is 7.92. The van der Waals surface area contributed by atoms with E-state index in [1.807, 2.05) is 6.07 Å². The molecule has 0 spiro atoms. The van der Waals surface area contributed by atoms with Gasteiger partial charge in [0.05, 0.1) is 4.90 Å². The van der Waals surface area contributed by atoms with Crippen LogP contribution in [0, 0.1) is 6.92 Å². The van der Waals surface area contributed by atoms with Crippen molar-refractivity contribution in [3.8, 4) is 0 Å². The van der Waals surface area contributed by atoms with Crippen molar-refractivity contribution in [1.29, 1.82) is 0 Å². The summed E-state index contributed by atoms with van der Waals surface area (Å²) in [5.41, 5.74) is 2.36. The Kier molecular flexibility index (Phi) is 5.79. The van der Waals surface area contributed by atoms with Gasteiger partial charge < -0.3 is 5.32 Å². The van der Waals surface area contributed by atoms with Crippen LogP contribution in [-0.4, -0.2) is 20.1 Å². The van der Waals surface area contributed by atoms with Gasteiger partial charge in [-0.1, -0.05) is 30.3 Å². The molecule has 0 saturated heterocycles. The van der Waals surface area contributed by atoms with Crippen molar-refractivity contribution >= 4 is 33.1 Å². The van der Waals surface area contributed by atoms with Crippen LogP contribution >= 0.6 is 0 Å². The number of hydrogen-bond donors (Lipinski definition) is 2. The second-order valence-electron chi connectivity index (χ2n) is 6.54. The number of sulfonamides is 1. The largest absolute Gasteiger partial charge is 0.322 e. The summed E-state index contributed by atoms with van der Waals surface area (Å²) in [4.78, 5) is 23.9. The molecule has 0 unspecified atom stereocenters. The molecule has 0 aromatic heterocycles. The minimum absolute atomic E-state index is 0.0564. The summed E-state index contributed by atoms with van der Waals surface area (Å²) in [6.45, 7) is 3.13. The molecule has 0 aliphatic rings. The lowest BCUT2D eigenvalue weighted by atomic mass is 10.1. The van der Waals surface area contributed by atoms with Crippen molar-refractivity contribution in [1.82, 2.24) is 0 Å². The highest BCUT2D eigenvalue weighted by Gasteiger charge is 2.17. The van der Waals surface area contributed by atoms with Gasteiger partial charge in [-0.25, -0.2) is 8.42 Å². The third-order valence-corrected chi connectivity index (χ3v) is 5.69. The minimum atomic E-state index is -3.85. The van der Waals surface area contributed by atoms with Crippen LogP contribution in [-0.2, 0) is 10.0 Å². The fraction of sp³-hybridized carbons (Fsp3) is 0.0909. The Balaban J connectivity index is 1.80. The van der Waals surface area contributed by atoms with Crippen LogP contribution in [0.3, 0.4) is 0 Å². The van der Waals surface area contributed by atoms with Gasteiger partial charge >= 0.3 is 0 Å². The van der Waals surface area contributed by atoms with Crippen molar-refractivity contribution in [3.05, 3.63) is 89.5 Å². The number of hydrogen-bond acceptors (Lipinski definition) is 4. The van der Waals surface area contributed by atoms with Crippen LogP contribution in [0.2, 0.25) is 0 Å². The van der Waals surface area contributed by atoms with Crippen LogP contribution in [0.15, 0.2) is 77.7 Å². The number of ketones is 1. The van der Waals surface area contributed by atoms with Crippen molar-refractivity contribution < 1.29 is 18.0 Å². The molecule has 3 rings (SSSR count). The summed E-state index contributed by atoms with van der Waals surface area (Å²) >= 11 is 0. The number of anilines is 2. The van der Waals surface area contributed by atoms with E-state index in [0.717, 1.165) is 0 Å². The lowest BCUT2D eigenvalue weighted by molar-refractivity contribution is 0.101. The van der Waals surface area contributed by atoms with Gasteiger partial charge in [0.25, 0.3) is 15.9 Å². The van der Waals surface area contributed by atoms with Crippen molar-refractivity contribution in [2.24, 2.45) is 0 Å². The van der Waals surface area contributed by atoms with Gasteiger partial charge in [0.1, 0.15) is 0 Å². The first-order valence-electron chi connectivity index (χ1n) is 8.87. The van der Waals surface area contributed by atoms with E-state index in [2.05, 4.69) is 10.0 Å². The summed E-state index contributed by atoms with van der Waals surface area (Å²) in [7, 11) is -3.85. The van der Waals surface area contributed by atoms with Gasteiger partial charge in [0.2, 0.25) is 0 Å². The monoisotopic (exact) mass is 408 g/mol. The number of benzene rings is 3. The maximum absolute atomic E-state index is 12.7. The average Bonchev–Trinajstić information content (AvgIpc) is 2.70. The molecule has 0 radical (unpaired) electrons. The molecule has 3 aromatic rings. The second-order valence-corrected chi connectivity index (χ2v) is 8.22. The van der Waals surface area contributed by atoms with E-state index >= 15 is 0 Å². The first-order valence-corrected chi connectivity index (χ1v) is 10.4. The smallest absolute Gasteiger partial charge is 0.261 e. The molecule has 7 heteroatoms. The van der Waals surface area contributed by atoms with Gasteiger partial charge in [-0.2, -0.15) is 0 Å². The van der Waals surface area contributed by atoms with E-state index in [1.165, 1.54) is 25.1 Å². The van der Waals surface area contributed by atoms with Crippen molar-refractivity contribution in [3.63, 3.8) is 0 Å². The maximum atomic E-state index is 12.7. The first kappa shape index (κ1) is 20.3. The molecule has 3 aromatic carbocycles. The van der Waals surface area contributed by atoms with Crippen LogP contribution in [0.25, 0.3) is 0 Å². The number of Topliss-reactive ketones (excluding diaryl/α,β-unsaturated/α-hetero) is 1. The standard InChI is InChI=1S/C22H20N2O4S/c1-15-13-20(11-12-21(15)23-22(26)17-7-4-3-5-8-17)29(27,28)24-19-10-6-9-18(14-19)16(2)25/h3-14,24H,1-2H3,(H,23,26). The summed E-state index contributed by atoms with van der Waals surface area (Å²) in [5, 5.41) is 2.78. The molecule has 1 amide bonds. The van der Waals surface area contributed by atoms with Crippen LogP contribution < -0.4 is 10.0 Å². The number of amides is 1. The Morgan fingerprint density at radius 3 is 2.17 bits per heavy atom. The molecule has 2 N–H and O–H groups in total. The quantitative estimate of drug-likeness (QED) is 0.597. The SMILES string of the molecule is CC(=O)c1cccc(NS(=O)(=O)c2ccc(NC(=O)c3ccccc3)c(C)c2)c1.